The molecule has 1 rings (SSSR count). The van der Waals surface area contributed by atoms with Crippen molar-refractivity contribution in [1.29, 1.82) is 0 Å². The third-order valence-electron chi connectivity index (χ3n) is 2.63. The van der Waals surface area contributed by atoms with Crippen molar-refractivity contribution in [2.24, 2.45) is 5.16 Å². The monoisotopic (exact) mass is 266 g/mol. The summed E-state index contributed by atoms with van der Waals surface area (Å²) < 4.78 is 5.48. The Labute approximate surface area is 113 Å². The molecule has 0 heterocycles. The lowest BCUT2D eigenvalue weighted by Crippen LogP contribution is -2.35. The molecule has 0 saturated heterocycles. The summed E-state index contributed by atoms with van der Waals surface area (Å²) in [5, 5.41) is 24.6. The number of oxime groups is 1. The van der Waals surface area contributed by atoms with E-state index in [0.717, 1.165) is 5.56 Å². The second kappa shape index (κ2) is 7.76. The maximum absolute atomic E-state index is 9.70. The van der Waals surface area contributed by atoms with E-state index in [4.69, 9.17) is 9.94 Å². The van der Waals surface area contributed by atoms with Gasteiger partial charge in [-0.1, -0.05) is 19.0 Å². The van der Waals surface area contributed by atoms with Crippen molar-refractivity contribution < 1.29 is 15.1 Å². The van der Waals surface area contributed by atoms with Crippen molar-refractivity contribution in [3.8, 4) is 5.75 Å². The maximum Gasteiger partial charge on any atom is 0.119 e. The fraction of sp³-hybridized carbons (Fsp3) is 0.500. The molecule has 0 fully saturated rings. The van der Waals surface area contributed by atoms with Crippen LogP contribution >= 0.6 is 0 Å². The van der Waals surface area contributed by atoms with Crippen LogP contribution in [0.4, 0.5) is 0 Å². The summed E-state index contributed by atoms with van der Waals surface area (Å²) in [6.07, 6.45) is -0.539. The largest absolute Gasteiger partial charge is 0.491 e. The number of benzene rings is 1. The number of aliphatic hydroxyl groups excluding tert-OH is 1. The normalized spacial score (nSPS) is 13.6. The predicted octanol–water partition coefficient (Wildman–Crippen LogP) is 1.62. The summed E-state index contributed by atoms with van der Waals surface area (Å²) in [5.41, 5.74) is 1.38. The lowest BCUT2D eigenvalue weighted by atomic mass is 10.1. The molecule has 1 aromatic carbocycles. The van der Waals surface area contributed by atoms with Crippen molar-refractivity contribution in [2.45, 2.75) is 32.9 Å². The highest BCUT2D eigenvalue weighted by Gasteiger charge is 2.06. The van der Waals surface area contributed by atoms with Crippen LogP contribution in [0.25, 0.3) is 0 Å². The Morgan fingerprint density at radius 3 is 2.47 bits per heavy atom. The molecular weight excluding hydrogens is 244 g/mol. The number of nitrogens with zero attached hydrogens (tertiary/aromatic N) is 1. The molecule has 0 amide bonds. The molecule has 5 heteroatoms. The first-order valence-electron chi connectivity index (χ1n) is 6.36. The zero-order chi connectivity index (χ0) is 14.3. The molecule has 1 aromatic rings. The quantitative estimate of drug-likeness (QED) is 0.398. The molecule has 19 heavy (non-hydrogen) atoms. The van der Waals surface area contributed by atoms with Gasteiger partial charge < -0.3 is 20.4 Å². The van der Waals surface area contributed by atoms with Gasteiger partial charge in [0.1, 0.15) is 18.5 Å². The fourth-order valence-electron chi connectivity index (χ4n) is 1.47. The fourth-order valence-corrected chi connectivity index (χ4v) is 1.47. The van der Waals surface area contributed by atoms with Gasteiger partial charge in [0.05, 0.1) is 5.71 Å². The summed E-state index contributed by atoms with van der Waals surface area (Å²) >= 11 is 0. The van der Waals surface area contributed by atoms with Crippen LogP contribution in [-0.4, -0.2) is 41.3 Å². The molecular formula is C14H22N2O3. The highest BCUT2D eigenvalue weighted by atomic mass is 16.5. The van der Waals surface area contributed by atoms with E-state index in [0.29, 0.717) is 24.0 Å². The molecule has 0 saturated carbocycles. The van der Waals surface area contributed by atoms with Gasteiger partial charge in [0, 0.05) is 12.6 Å². The van der Waals surface area contributed by atoms with Crippen LogP contribution < -0.4 is 10.1 Å². The van der Waals surface area contributed by atoms with Crippen LogP contribution in [0.5, 0.6) is 5.75 Å². The second-order valence-electron chi connectivity index (χ2n) is 4.74. The van der Waals surface area contributed by atoms with E-state index < -0.39 is 6.10 Å². The average Bonchev–Trinajstić information content (AvgIpc) is 2.42. The van der Waals surface area contributed by atoms with E-state index in [-0.39, 0.29) is 6.61 Å². The number of ether oxygens (including phenoxy) is 1. The first-order valence-corrected chi connectivity index (χ1v) is 6.36. The minimum absolute atomic E-state index is 0.242. The second-order valence-corrected chi connectivity index (χ2v) is 4.74. The van der Waals surface area contributed by atoms with Crippen molar-refractivity contribution in [2.75, 3.05) is 13.2 Å². The standard InChI is InChI=1S/C14H22N2O3/c1-10(2)15-8-13(17)9-19-14-6-4-12(5-7-14)11(3)16-18/h4-7,10,13,15,17-18H,8-9H2,1-3H3/t13-/m1/s1. The van der Waals surface area contributed by atoms with Crippen molar-refractivity contribution >= 4 is 5.71 Å². The van der Waals surface area contributed by atoms with Crippen LogP contribution in [-0.2, 0) is 0 Å². The SMILES string of the molecule is CC(=NO)c1ccc(OC[C@H](O)CNC(C)C)cc1. The Balaban J connectivity index is 2.41. The Morgan fingerprint density at radius 2 is 1.95 bits per heavy atom. The van der Waals surface area contributed by atoms with Crippen molar-refractivity contribution in [3.05, 3.63) is 29.8 Å². The third-order valence-corrected chi connectivity index (χ3v) is 2.63. The number of aliphatic hydroxyl groups is 1. The first-order chi connectivity index (χ1) is 9.02. The van der Waals surface area contributed by atoms with E-state index in [2.05, 4.69) is 10.5 Å². The molecule has 0 aliphatic rings. The zero-order valence-electron chi connectivity index (χ0n) is 11.6. The van der Waals surface area contributed by atoms with Gasteiger partial charge in [0.15, 0.2) is 0 Å². The smallest absolute Gasteiger partial charge is 0.119 e. The Kier molecular flexibility index (Phi) is 6.32. The van der Waals surface area contributed by atoms with Crippen molar-refractivity contribution in [1.82, 2.24) is 5.32 Å². The lowest BCUT2D eigenvalue weighted by molar-refractivity contribution is 0.104. The molecule has 106 valence electrons. The molecule has 0 aromatic heterocycles. The number of hydrogen-bond donors (Lipinski definition) is 3. The minimum atomic E-state index is -0.539. The van der Waals surface area contributed by atoms with Gasteiger partial charge in [-0.3, -0.25) is 0 Å². The van der Waals surface area contributed by atoms with E-state index in [1.807, 2.05) is 26.0 Å². The lowest BCUT2D eigenvalue weighted by Gasteiger charge is -2.15. The van der Waals surface area contributed by atoms with E-state index >= 15 is 0 Å². The maximum atomic E-state index is 9.70. The van der Waals surface area contributed by atoms with Gasteiger partial charge in [-0.05, 0) is 36.8 Å². The summed E-state index contributed by atoms with van der Waals surface area (Å²) in [5.74, 6) is 0.679. The van der Waals surface area contributed by atoms with Crippen LogP contribution in [0.3, 0.4) is 0 Å². The average molecular weight is 266 g/mol. The summed E-state index contributed by atoms with van der Waals surface area (Å²) in [6, 6.07) is 7.53. The summed E-state index contributed by atoms with van der Waals surface area (Å²) in [7, 11) is 0. The van der Waals surface area contributed by atoms with Gasteiger partial charge in [0.2, 0.25) is 0 Å². The van der Waals surface area contributed by atoms with Gasteiger partial charge in [-0.15, -0.1) is 0 Å². The van der Waals surface area contributed by atoms with Gasteiger partial charge in [-0.25, -0.2) is 0 Å². The van der Waals surface area contributed by atoms with Crippen molar-refractivity contribution in [3.63, 3.8) is 0 Å². The topological polar surface area (TPSA) is 74.1 Å². The first kappa shape index (κ1) is 15.5. The van der Waals surface area contributed by atoms with Gasteiger partial charge in [0.25, 0.3) is 0 Å². The highest BCUT2D eigenvalue weighted by molar-refractivity contribution is 5.98. The Bertz CT molecular complexity index is 402. The minimum Gasteiger partial charge on any atom is -0.491 e. The molecule has 0 radical (unpaired) electrons. The number of nitrogens with one attached hydrogen (secondary N) is 1. The molecule has 5 nitrogen and oxygen atoms in total. The van der Waals surface area contributed by atoms with Crippen LogP contribution in [0, 0.1) is 0 Å². The number of rotatable bonds is 7. The van der Waals surface area contributed by atoms with Gasteiger partial charge in [-0.2, -0.15) is 0 Å². The zero-order valence-corrected chi connectivity index (χ0v) is 11.6. The van der Waals surface area contributed by atoms with Gasteiger partial charge >= 0.3 is 0 Å². The van der Waals surface area contributed by atoms with E-state index in [9.17, 15) is 5.11 Å². The molecule has 0 unspecified atom stereocenters. The number of hydrogen-bond acceptors (Lipinski definition) is 5. The van der Waals surface area contributed by atoms with Crippen LogP contribution in [0.15, 0.2) is 29.4 Å². The van der Waals surface area contributed by atoms with E-state index in [1.54, 1.807) is 19.1 Å². The molecule has 0 aliphatic heterocycles. The third kappa shape index (κ3) is 5.72. The Hall–Kier alpha value is -1.59. The Morgan fingerprint density at radius 1 is 1.32 bits per heavy atom. The summed E-state index contributed by atoms with van der Waals surface area (Å²) in [4.78, 5) is 0. The molecule has 0 bridgehead atoms. The molecule has 1 atom stereocenters. The summed E-state index contributed by atoms with van der Waals surface area (Å²) in [6.45, 7) is 6.52. The molecule has 0 aliphatic carbocycles. The van der Waals surface area contributed by atoms with E-state index in [1.165, 1.54) is 0 Å². The predicted molar refractivity (Wildman–Crippen MR) is 75.1 cm³/mol. The van der Waals surface area contributed by atoms with Crippen LogP contribution in [0.1, 0.15) is 26.3 Å². The molecule has 0 spiro atoms. The molecule has 3 N–H and O–H groups in total. The highest BCUT2D eigenvalue weighted by Crippen LogP contribution is 2.13. The van der Waals surface area contributed by atoms with Crippen LogP contribution in [0.2, 0.25) is 0 Å².